The quantitative estimate of drug-likeness (QED) is 0.821. The van der Waals surface area contributed by atoms with Crippen molar-refractivity contribution >= 4 is 0 Å². The van der Waals surface area contributed by atoms with E-state index in [2.05, 4.69) is 25.0 Å². The second-order valence-electron chi connectivity index (χ2n) is 4.97. The average Bonchev–Trinajstić information content (AvgIpc) is 2.83. The highest BCUT2D eigenvalue weighted by molar-refractivity contribution is 5.12. The normalized spacial score (nSPS) is 20.3. The van der Waals surface area contributed by atoms with Gasteiger partial charge in [0.05, 0.1) is 11.8 Å². The fourth-order valence-corrected chi connectivity index (χ4v) is 2.01. The number of aryl methyl sites for hydroxylation is 2. The molecule has 3 heteroatoms. The van der Waals surface area contributed by atoms with Crippen molar-refractivity contribution in [2.45, 2.75) is 52.7 Å². The van der Waals surface area contributed by atoms with Crippen LogP contribution >= 0.6 is 0 Å². The number of rotatable bonds is 4. The first-order valence-corrected chi connectivity index (χ1v) is 5.76. The first kappa shape index (κ1) is 10.7. The molecule has 3 nitrogen and oxygen atoms in total. The lowest BCUT2D eigenvalue weighted by Gasteiger charge is -2.17. The molecule has 1 unspecified atom stereocenters. The summed E-state index contributed by atoms with van der Waals surface area (Å²) in [5.41, 5.74) is 2.38. The summed E-state index contributed by atoms with van der Waals surface area (Å²) in [5, 5.41) is 14.5. The molecule has 0 bridgehead atoms. The Morgan fingerprint density at radius 1 is 1.60 bits per heavy atom. The van der Waals surface area contributed by atoms with E-state index in [-0.39, 0.29) is 11.5 Å². The molecule has 1 heterocycles. The molecule has 1 aromatic heterocycles. The molecule has 84 valence electrons. The van der Waals surface area contributed by atoms with Crippen LogP contribution in [0.2, 0.25) is 0 Å². The highest BCUT2D eigenvalue weighted by atomic mass is 16.3. The van der Waals surface area contributed by atoms with Gasteiger partial charge in [-0.15, -0.1) is 0 Å². The molecule has 0 spiro atoms. The van der Waals surface area contributed by atoms with Gasteiger partial charge in [-0.05, 0) is 38.2 Å². The molecule has 15 heavy (non-hydrogen) atoms. The predicted molar refractivity (Wildman–Crippen MR) is 59.7 cm³/mol. The van der Waals surface area contributed by atoms with Crippen LogP contribution in [0.5, 0.6) is 0 Å². The van der Waals surface area contributed by atoms with E-state index < -0.39 is 0 Å². The summed E-state index contributed by atoms with van der Waals surface area (Å²) in [6.45, 7) is 7.13. The molecule has 0 radical (unpaired) electrons. The van der Waals surface area contributed by atoms with Crippen LogP contribution in [0.1, 0.15) is 38.1 Å². The summed E-state index contributed by atoms with van der Waals surface area (Å²) in [6.07, 6.45) is 2.85. The van der Waals surface area contributed by atoms with Gasteiger partial charge in [0.1, 0.15) is 0 Å². The highest BCUT2D eigenvalue weighted by Gasteiger charge is 2.44. The molecule has 0 amide bonds. The molecule has 2 rings (SSSR count). The van der Waals surface area contributed by atoms with Crippen molar-refractivity contribution in [2.24, 2.45) is 5.41 Å². The first-order valence-electron chi connectivity index (χ1n) is 5.76. The van der Waals surface area contributed by atoms with Crippen LogP contribution in [0.25, 0.3) is 0 Å². The van der Waals surface area contributed by atoms with E-state index in [1.165, 1.54) is 0 Å². The maximum Gasteiger partial charge on any atom is 0.0649 e. The number of hydrogen-bond donors (Lipinski definition) is 1. The SMILES string of the molecule is CCn1nc(C)cc1CC(O)C1(C)CC1. The van der Waals surface area contributed by atoms with E-state index in [1.807, 2.05) is 11.6 Å². The first-order chi connectivity index (χ1) is 7.05. The van der Waals surface area contributed by atoms with Crippen molar-refractivity contribution in [2.75, 3.05) is 0 Å². The Hall–Kier alpha value is -0.830. The van der Waals surface area contributed by atoms with Crippen LogP contribution in [0.3, 0.4) is 0 Å². The van der Waals surface area contributed by atoms with Crippen LogP contribution in [0.4, 0.5) is 0 Å². The maximum atomic E-state index is 10.1. The molecule has 1 aliphatic carbocycles. The van der Waals surface area contributed by atoms with E-state index in [4.69, 9.17) is 0 Å². The van der Waals surface area contributed by atoms with Gasteiger partial charge in [-0.25, -0.2) is 0 Å². The molecule has 1 atom stereocenters. The number of nitrogens with zero attached hydrogens (tertiary/aromatic N) is 2. The van der Waals surface area contributed by atoms with Gasteiger partial charge in [-0.2, -0.15) is 5.10 Å². The van der Waals surface area contributed by atoms with Crippen molar-refractivity contribution in [3.05, 3.63) is 17.5 Å². The zero-order valence-electron chi connectivity index (χ0n) is 9.82. The lowest BCUT2D eigenvalue weighted by atomic mass is 9.97. The van der Waals surface area contributed by atoms with Crippen LogP contribution in [-0.4, -0.2) is 21.0 Å². The monoisotopic (exact) mass is 208 g/mol. The summed E-state index contributed by atoms with van der Waals surface area (Å²) in [7, 11) is 0. The van der Waals surface area contributed by atoms with E-state index in [0.29, 0.717) is 0 Å². The number of aliphatic hydroxyl groups excluding tert-OH is 1. The van der Waals surface area contributed by atoms with Gasteiger partial charge in [0.25, 0.3) is 0 Å². The van der Waals surface area contributed by atoms with Crippen molar-refractivity contribution in [1.82, 2.24) is 9.78 Å². The minimum Gasteiger partial charge on any atom is -0.392 e. The molecule has 1 N–H and O–H groups in total. The highest BCUT2D eigenvalue weighted by Crippen LogP contribution is 2.48. The largest absolute Gasteiger partial charge is 0.392 e. The van der Waals surface area contributed by atoms with Gasteiger partial charge in [0, 0.05) is 18.7 Å². The van der Waals surface area contributed by atoms with Crippen molar-refractivity contribution < 1.29 is 5.11 Å². The summed E-state index contributed by atoms with van der Waals surface area (Å²) >= 11 is 0. The lowest BCUT2D eigenvalue weighted by molar-refractivity contribution is 0.101. The van der Waals surface area contributed by atoms with E-state index in [1.54, 1.807) is 0 Å². The smallest absolute Gasteiger partial charge is 0.0649 e. The number of aliphatic hydroxyl groups is 1. The van der Waals surface area contributed by atoms with Gasteiger partial charge in [-0.1, -0.05) is 6.92 Å². The Morgan fingerprint density at radius 3 is 2.80 bits per heavy atom. The van der Waals surface area contributed by atoms with Gasteiger partial charge < -0.3 is 5.11 Å². The predicted octanol–water partition coefficient (Wildman–Crippen LogP) is 1.91. The van der Waals surface area contributed by atoms with Crippen LogP contribution in [-0.2, 0) is 13.0 Å². The summed E-state index contributed by atoms with van der Waals surface area (Å²) in [5.74, 6) is 0. The number of aromatic nitrogens is 2. The maximum absolute atomic E-state index is 10.1. The van der Waals surface area contributed by atoms with Crippen LogP contribution < -0.4 is 0 Å². The molecular weight excluding hydrogens is 188 g/mol. The zero-order valence-corrected chi connectivity index (χ0v) is 9.82. The third kappa shape index (κ3) is 2.07. The van der Waals surface area contributed by atoms with Crippen molar-refractivity contribution in [1.29, 1.82) is 0 Å². The summed E-state index contributed by atoms with van der Waals surface area (Å²) in [6, 6.07) is 2.08. The molecule has 0 aromatic carbocycles. The molecular formula is C12H20N2O. The Bertz CT molecular complexity index is 353. The summed E-state index contributed by atoms with van der Waals surface area (Å²) < 4.78 is 1.99. The van der Waals surface area contributed by atoms with E-state index in [0.717, 1.165) is 37.2 Å². The van der Waals surface area contributed by atoms with Gasteiger partial charge in [0.15, 0.2) is 0 Å². The second-order valence-corrected chi connectivity index (χ2v) is 4.97. The lowest BCUT2D eigenvalue weighted by Crippen LogP contribution is -2.23. The zero-order chi connectivity index (χ0) is 11.1. The topological polar surface area (TPSA) is 38.0 Å². The van der Waals surface area contributed by atoms with Crippen molar-refractivity contribution in [3.8, 4) is 0 Å². The van der Waals surface area contributed by atoms with Gasteiger partial charge in [0.2, 0.25) is 0 Å². The minimum absolute atomic E-state index is 0.177. The molecule has 0 aliphatic heterocycles. The molecule has 0 saturated heterocycles. The van der Waals surface area contributed by atoms with Crippen LogP contribution in [0, 0.1) is 12.3 Å². The third-order valence-electron chi connectivity index (χ3n) is 3.53. The van der Waals surface area contributed by atoms with Crippen LogP contribution in [0.15, 0.2) is 6.07 Å². The Labute approximate surface area is 91.1 Å². The Balaban J connectivity index is 2.09. The Morgan fingerprint density at radius 2 is 2.27 bits per heavy atom. The van der Waals surface area contributed by atoms with Gasteiger partial charge in [-0.3, -0.25) is 4.68 Å². The molecule has 1 aromatic rings. The Kier molecular flexibility index (Phi) is 2.59. The van der Waals surface area contributed by atoms with E-state index >= 15 is 0 Å². The second kappa shape index (κ2) is 3.63. The van der Waals surface area contributed by atoms with E-state index in [9.17, 15) is 5.11 Å². The fourth-order valence-electron chi connectivity index (χ4n) is 2.01. The molecule has 1 fully saturated rings. The summed E-state index contributed by atoms with van der Waals surface area (Å²) in [4.78, 5) is 0. The number of hydrogen-bond acceptors (Lipinski definition) is 2. The molecule has 1 saturated carbocycles. The third-order valence-corrected chi connectivity index (χ3v) is 3.53. The fraction of sp³-hybridized carbons (Fsp3) is 0.750. The minimum atomic E-state index is -0.209. The standard InChI is InChI=1S/C12H20N2O/c1-4-14-10(7-9(2)13-14)8-11(15)12(3)5-6-12/h7,11,15H,4-6,8H2,1-3H3. The van der Waals surface area contributed by atoms with Gasteiger partial charge >= 0.3 is 0 Å². The van der Waals surface area contributed by atoms with Crippen molar-refractivity contribution in [3.63, 3.8) is 0 Å². The average molecular weight is 208 g/mol. The molecule has 1 aliphatic rings.